The van der Waals surface area contributed by atoms with E-state index >= 15 is 0 Å². The van der Waals surface area contributed by atoms with E-state index in [0.29, 0.717) is 5.69 Å². The quantitative estimate of drug-likeness (QED) is 0.663. The first-order chi connectivity index (χ1) is 8.20. The SMILES string of the molecule is COc1ccc(Nc2ccccc2I)c(N)c1. The normalized spacial score (nSPS) is 10.0. The molecule has 2 aromatic rings. The molecule has 0 aliphatic carbocycles. The second kappa shape index (κ2) is 5.27. The maximum atomic E-state index is 5.95. The van der Waals surface area contributed by atoms with Gasteiger partial charge in [0.2, 0.25) is 0 Å². The largest absolute Gasteiger partial charge is 0.497 e. The van der Waals surface area contributed by atoms with Crippen molar-refractivity contribution < 1.29 is 4.74 Å². The molecular formula is C13H13IN2O. The van der Waals surface area contributed by atoms with E-state index in [4.69, 9.17) is 10.5 Å². The third kappa shape index (κ3) is 2.82. The fraction of sp³-hybridized carbons (Fsp3) is 0.0769. The Balaban J connectivity index is 2.28. The molecule has 0 aliphatic heterocycles. The first-order valence-electron chi connectivity index (χ1n) is 5.16. The van der Waals surface area contributed by atoms with E-state index in [-0.39, 0.29) is 0 Å². The smallest absolute Gasteiger partial charge is 0.121 e. The second-order valence-electron chi connectivity index (χ2n) is 3.56. The lowest BCUT2D eigenvalue weighted by Crippen LogP contribution is -1.98. The van der Waals surface area contributed by atoms with Gasteiger partial charge >= 0.3 is 0 Å². The molecule has 2 rings (SSSR count). The van der Waals surface area contributed by atoms with Crippen molar-refractivity contribution in [3.63, 3.8) is 0 Å². The van der Waals surface area contributed by atoms with Crippen LogP contribution in [0, 0.1) is 3.57 Å². The van der Waals surface area contributed by atoms with Gasteiger partial charge in [0.25, 0.3) is 0 Å². The molecule has 0 saturated carbocycles. The molecule has 0 amide bonds. The Morgan fingerprint density at radius 2 is 1.88 bits per heavy atom. The minimum Gasteiger partial charge on any atom is -0.497 e. The summed E-state index contributed by atoms with van der Waals surface area (Å²) in [6, 6.07) is 13.7. The zero-order chi connectivity index (χ0) is 12.3. The maximum Gasteiger partial charge on any atom is 0.121 e. The number of benzene rings is 2. The predicted octanol–water partition coefficient (Wildman–Crippen LogP) is 3.63. The number of anilines is 3. The third-order valence-electron chi connectivity index (χ3n) is 2.40. The molecule has 0 radical (unpaired) electrons. The van der Waals surface area contributed by atoms with Crippen molar-refractivity contribution in [2.75, 3.05) is 18.2 Å². The van der Waals surface area contributed by atoms with Gasteiger partial charge in [-0.1, -0.05) is 12.1 Å². The van der Waals surface area contributed by atoms with Gasteiger partial charge in [0, 0.05) is 9.64 Å². The Bertz CT molecular complexity index is 529. The van der Waals surface area contributed by atoms with E-state index in [2.05, 4.69) is 27.9 Å². The van der Waals surface area contributed by atoms with Crippen molar-refractivity contribution >= 4 is 39.7 Å². The van der Waals surface area contributed by atoms with Crippen LogP contribution < -0.4 is 15.8 Å². The molecule has 0 bridgehead atoms. The van der Waals surface area contributed by atoms with Crippen LogP contribution in [0.3, 0.4) is 0 Å². The molecule has 0 fully saturated rings. The minimum atomic E-state index is 0.670. The fourth-order valence-electron chi connectivity index (χ4n) is 1.49. The summed E-state index contributed by atoms with van der Waals surface area (Å²) in [5.74, 6) is 0.760. The number of hydrogen-bond donors (Lipinski definition) is 2. The first-order valence-corrected chi connectivity index (χ1v) is 6.23. The molecule has 3 nitrogen and oxygen atoms in total. The number of rotatable bonds is 3. The summed E-state index contributed by atoms with van der Waals surface area (Å²) in [6.07, 6.45) is 0. The summed E-state index contributed by atoms with van der Waals surface area (Å²) in [5, 5.41) is 3.30. The summed E-state index contributed by atoms with van der Waals surface area (Å²) >= 11 is 2.28. The van der Waals surface area contributed by atoms with Crippen LogP contribution in [0.2, 0.25) is 0 Å². The Kier molecular flexibility index (Phi) is 3.73. The number of para-hydroxylation sites is 1. The summed E-state index contributed by atoms with van der Waals surface area (Å²) in [7, 11) is 1.63. The van der Waals surface area contributed by atoms with Crippen LogP contribution in [0.15, 0.2) is 42.5 Å². The second-order valence-corrected chi connectivity index (χ2v) is 4.72. The molecular weight excluding hydrogens is 327 g/mol. The summed E-state index contributed by atoms with van der Waals surface area (Å²) in [5.41, 5.74) is 8.55. The van der Waals surface area contributed by atoms with Gasteiger partial charge in [0.05, 0.1) is 24.2 Å². The molecule has 0 unspecified atom stereocenters. The summed E-state index contributed by atoms with van der Waals surface area (Å²) in [4.78, 5) is 0. The lowest BCUT2D eigenvalue weighted by molar-refractivity contribution is 0.415. The van der Waals surface area contributed by atoms with Gasteiger partial charge in [-0.25, -0.2) is 0 Å². The van der Waals surface area contributed by atoms with Crippen molar-refractivity contribution in [3.05, 3.63) is 46.0 Å². The van der Waals surface area contributed by atoms with Crippen LogP contribution in [0.4, 0.5) is 17.1 Å². The van der Waals surface area contributed by atoms with Crippen LogP contribution in [-0.2, 0) is 0 Å². The predicted molar refractivity (Wildman–Crippen MR) is 79.8 cm³/mol. The zero-order valence-corrected chi connectivity index (χ0v) is 11.6. The number of nitrogen functional groups attached to an aromatic ring is 1. The molecule has 0 aliphatic rings. The highest BCUT2D eigenvalue weighted by molar-refractivity contribution is 14.1. The van der Waals surface area contributed by atoms with E-state index in [9.17, 15) is 0 Å². The van der Waals surface area contributed by atoms with Crippen molar-refractivity contribution in [3.8, 4) is 5.75 Å². The molecule has 2 aromatic carbocycles. The number of nitrogens with one attached hydrogen (secondary N) is 1. The van der Waals surface area contributed by atoms with Crippen LogP contribution >= 0.6 is 22.6 Å². The van der Waals surface area contributed by atoms with Gasteiger partial charge in [-0.15, -0.1) is 0 Å². The van der Waals surface area contributed by atoms with Crippen LogP contribution in [-0.4, -0.2) is 7.11 Å². The van der Waals surface area contributed by atoms with Crippen LogP contribution in [0.1, 0.15) is 0 Å². The van der Waals surface area contributed by atoms with E-state index in [1.165, 1.54) is 0 Å². The first kappa shape index (κ1) is 12.0. The van der Waals surface area contributed by atoms with Crippen molar-refractivity contribution in [1.82, 2.24) is 0 Å². The number of ether oxygens (including phenoxy) is 1. The van der Waals surface area contributed by atoms with E-state index in [1.807, 2.05) is 36.4 Å². The highest BCUT2D eigenvalue weighted by atomic mass is 127. The Hall–Kier alpha value is -1.43. The van der Waals surface area contributed by atoms with Crippen molar-refractivity contribution in [1.29, 1.82) is 0 Å². The monoisotopic (exact) mass is 340 g/mol. The van der Waals surface area contributed by atoms with Gasteiger partial charge in [0.15, 0.2) is 0 Å². The van der Waals surface area contributed by atoms with E-state index in [0.717, 1.165) is 20.7 Å². The standard InChI is InChI=1S/C13H13IN2O/c1-17-9-6-7-13(11(15)8-9)16-12-5-3-2-4-10(12)14/h2-8,16H,15H2,1H3. The summed E-state index contributed by atoms with van der Waals surface area (Å²) in [6.45, 7) is 0. The Labute approximate surface area is 114 Å². The van der Waals surface area contributed by atoms with Gasteiger partial charge in [0.1, 0.15) is 5.75 Å². The average Bonchev–Trinajstić information content (AvgIpc) is 2.34. The molecule has 3 N–H and O–H groups in total. The van der Waals surface area contributed by atoms with Gasteiger partial charge in [-0.05, 0) is 46.9 Å². The summed E-state index contributed by atoms with van der Waals surface area (Å²) < 4.78 is 6.27. The molecule has 0 atom stereocenters. The molecule has 17 heavy (non-hydrogen) atoms. The maximum absolute atomic E-state index is 5.95. The number of hydrogen-bond acceptors (Lipinski definition) is 3. The lowest BCUT2D eigenvalue weighted by atomic mass is 10.2. The van der Waals surface area contributed by atoms with Gasteiger partial charge < -0.3 is 15.8 Å². The highest BCUT2D eigenvalue weighted by Crippen LogP contribution is 2.28. The molecule has 0 saturated heterocycles. The van der Waals surface area contributed by atoms with E-state index in [1.54, 1.807) is 13.2 Å². The number of methoxy groups -OCH3 is 1. The molecule has 0 heterocycles. The Morgan fingerprint density at radius 1 is 1.12 bits per heavy atom. The number of nitrogens with two attached hydrogens (primary N) is 1. The molecule has 4 heteroatoms. The lowest BCUT2D eigenvalue weighted by Gasteiger charge is -2.11. The minimum absolute atomic E-state index is 0.670. The highest BCUT2D eigenvalue weighted by Gasteiger charge is 2.03. The molecule has 0 spiro atoms. The van der Waals surface area contributed by atoms with E-state index < -0.39 is 0 Å². The average molecular weight is 340 g/mol. The molecule has 0 aromatic heterocycles. The van der Waals surface area contributed by atoms with Crippen molar-refractivity contribution in [2.45, 2.75) is 0 Å². The third-order valence-corrected chi connectivity index (χ3v) is 3.34. The number of halogens is 1. The zero-order valence-electron chi connectivity index (χ0n) is 9.41. The van der Waals surface area contributed by atoms with Gasteiger partial charge in [-0.2, -0.15) is 0 Å². The van der Waals surface area contributed by atoms with Gasteiger partial charge in [-0.3, -0.25) is 0 Å². The fourth-order valence-corrected chi connectivity index (χ4v) is 2.01. The molecule has 88 valence electrons. The van der Waals surface area contributed by atoms with Crippen molar-refractivity contribution in [2.24, 2.45) is 0 Å². The van der Waals surface area contributed by atoms with Crippen LogP contribution in [0.25, 0.3) is 0 Å². The van der Waals surface area contributed by atoms with Crippen LogP contribution in [0.5, 0.6) is 5.75 Å². The topological polar surface area (TPSA) is 47.3 Å². The Morgan fingerprint density at radius 3 is 2.53 bits per heavy atom.